The summed E-state index contributed by atoms with van der Waals surface area (Å²) < 4.78 is 0.955. The summed E-state index contributed by atoms with van der Waals surface area (Å²) in [6.07, 6.45) is 9.30. The number of halogens is 1. The molecule has 4 unspecified atom stereocenters. The summed E-state index contributed by atoms with van der Waals surface area (Å²) in [5.41, 5.74) is 2.84. The smallest absolute Gasteiger partial charge is 0.204 e. The van der Waals surface area contributed by atoms with E-state index in [1.165, 1.54) is 6.42 Å². The van der Waals surface area contributed by atoms with E-state index in [1.807, 2.05) is 30.3 Å². The van der Waals surface area contributed by atoms with Crippen LogP contribution in [-0.4, -0.2) is 46.1 Å². The first kappa shape index (κ1) is 30.0. The number of rotatable bonds is 1. The molecule has 9 heteroatoms. The van der Waals surface area contributed by atoms with Crippen LogP contribution in [0.15, 0.2) is 89.9 Å². The molecule has 4 fully saturated rings. The molecule has 0 spiro atoms. The molecule has 45 heavy (non-hydrogen) atoms. The molecule has 0 bridgehead atoms. The fourth-order valence-corrected chi connectivity index (χ4v) is 6.19. The summed E-state index contributed by atoms with van der Waals surface area (Å²) in [4.78, 5) is 25.6. The van der Waals surface area contributed by atoms with Crippen LogP contribution in [0.1, 0.15) is 24.5 Å². The molecule has 2 aliphatic carbocycles. The lowest BCUT2D eigenvalue weighted by molar-refractivity contribution is 0.666. The molecule has 4 atom stereocenters. The molecular formula is C36H29BrN8. The highest BCUT2D eigenvalue weighted by Crippen LogP contribution is 2.58. The van der Waals surface area contributed by atoms with Crippen LogP contribution in [0.3, 0.4) is 0 Å². The normalized spacial score (nSPS) is 24.1. The highest BCUT2D eigenvalue weighted by Gasteiger charge is 2.59. The van der Waals surface area contributed by atoms with Crippen LogP contribution < -0.4 is 10.2 Å². The van der Waals surface area contributed by atoms with Gasteiger partial charge in [-0.05, 0) is 73.4 Å². The van der Waals surface area contributed by atoms with Crippen molar-refractivity contribution < 1.29 is 0 Å². The third-order valence-electron chi connectivity index (χ3n) is 8.45. The van der Waals surface area contributed by atoms with Gasteiger partial charge in [0.1, 0.15) is 0 Å². The lowest BCUT2D eigenvalue weighted by Gasteiger charge is -2.21. The van der Waals surface area contributed by atoms with Gasteiger partial charge in [0.25, 0.3) is 0 Å². The van der Waals surface area contributed by atoms with Gasteiger partial charge in [-0.1, -0.05) is 58.1 Å². The fraction of sp³-hybridized carbons (Fsp3) is 0.278. The minimum Gasteiger partial charge on any atom is -0.371 e. The average molecular weight is 654 g/mol. The van der Waals surface area contributed by atoms with Crippen molar-refractivity contribution in [1.82, 2.24) is 25.3 Å². The molecule has 4 heterocycles. The fourth-order valence-electron chi connectivity index (χ4n) is 5.80. The minimum atomic E-state index is 0.0906. The molecule has 2 aromatic heterocycles. The number of anilines is 1. The first-order valence-electron chi connectivity index (χ1n) is 14.7. The van der Waals surface area contributed by atoms with Gasteiger partial charge in [-0.3, -0.25) is 0 Å². The summed E-state index contributed by atoms with van der Waals surface area (Å²) in [6, 6.07) is 18.7. The number of aromatic nitrogens is 4. The van der Waals surface area contributed by atoms with Crippen molar-refractivity contribution in [3.05, 3.63) is 124 Å². The monoisotopic (exact) mass is 652 g/mol. The van der Waals surface area contributed by atoms with Gasteiger partial charge >= 0.3 is 0 Å². The maximum absolute atomic E-state index is 7.13. The van der Waals surface area contributed by atoms with Crippen molar-refractivity contribution in [2.24, 2.45) is 22.7 Å². The Hall–Kier alpha value is -5.06. The standard InChI is InChI=1S/C18H14N4.C11H11N3.C7H4BrN/c1-19-15-4-2-5-16(10-15)22-12-14-11-18(14,13-22)7-6-17-20-8-3-9-21-17;1-4-13-10(14-5-1)2-3-11-6-9(11)7-12-8-11;1-9-7-4-2-3-6(8)5-7/h2-5,8-10,14H,11-13H2;1,4-5,9,12H,6-8H2;2-5H. The largest absolute Gasteiger partial charge is 0.371 e. The average Bonchev–Trinajstić information content (AvgIpc) is 3.88. The van der Waals surface area contributed by atoms with Gasteiger partial charge in [0.05, 0.1) is 18.6 Å². The maximum Gasteiger partial charge on any atom is 0.204 e. The Bertz CT molecular complexity index is 1880. The number of piperidine rings is 2. The van der Waals surface area contributed by atoms with E-state index in [0.717, 1.165) is 48.7 Å². The molecule has 0 radical (unpaired) electrons. The summed E-state index contributed by atoms with van der Waals surface area (Å²) >= 11 is 3.26. The van der Waals surface area contributed by atoms with Crippen molar-refractivity contribution in [1.29, 1.82) is 0 Å². The van der Waals surface area contributed by atoms with Crippen molar-refractivity contribution >= 4 is 33.0 Å². The van der Waals surface area contributed by atoms with Crippen LogP contribution >= 0.6 is 15.9 Å². The van der Waals surface area contributed by atoms with Crippen LogP contribution in [0.25, 0.3) is 9.69 Å². The molecule has 4 aromatic rings. The SMILES string of the molecule is C(#CC12CNCC1C2)c1ncccn1.[C-]#[N+]c1cccc(Br)c1.[C-]#[N+]c1cccc(N2CC3CC3(C#Cc3ncccn3)C2)c1. The van der Waals surface area contributed by atoms with Gasteiger partial charge in [0.2, 0.25) is 11.6 Å². The van der Waals surface area contributed by atoms with Crippen LogP contribution in [0.2, 0.25) is 0 Å². The van der Waals surface area contributed by atoms with E-state index in [9.17, 15) is 0 Å². The summed E-state index contributed by atoms with van der Waals surface area (Å²) in [6.45, 7) is 17.9. The molecule has 220 valence electrons. The van der Waals surface area contributed by atoms with Gasteiger partial charge in [0, 0.05) is 60.0 Å². The van der Waals surface area contributed by atoms with Gasteiger partial charge in [-0.25, -0.2) is 29.6 Å². The maximum atomic E-state index is 7.13. The van der Waals surface area contributed by atoms with Gasteiger partial charge in [-0.15, -0.1) is 0 Å². The number of hydrogen-bond acceptors (Lipinski definition) is 6. The highest BCUT2D eigenvalue weighted by molar-refractivity contribution is 9.10. The molecule has 4 aliphatic rings. The molecule has 8 rings (SSSR count). The zero-order valence-corrected chi connectivity index (χ0v) is 26.1. The second-order valence-corrected chi connectivity index (χ2v) is 12.4. The third-order valence-corrected chi connectivity index (χ3v) is 8.94. The van der Waals surface area contributed by atoms with E-state index in [0.29, 0.717) is 28.9 Å². The molecule has 1 N–H and O–H groups in total. The summed E-state index contributed by atoms with van der Waals surface area (Å²) in [5, 5.41) is 3.36. The molecule has 8 nitrogen and oxygen atoms in total. The first-order chi connectivity index (χ1) is 22.0. The van der Waals surface area contributed by atoms with Crippen molar-refractivity contribution in [3.8, 4) is 23.7 Å². The van der Waals surface area contributed by atoms with Gasteiger partial charge in [-0.2, -0.15) is 0 Å². The predicted molar refractivity (Wildman–Crippen MR) is 177 cm³/mol. The molecule has 2 aromatic carbocycles. The molecule has 2 aliphatic heterocycles. The Balaban J connectivity index is 0.000000132. The molecule has 2 saturated heterocycles. The first-order valence-corrected chi connectivity index (χ1v) is 15.5. The van der Waals surface area contributed by atoms with Crippen molar-refractivity contribution in [2.75, 3.05) is 31.1 Å². The van der Waals surface area contributed by atoms with Crippen LogP contribution in [0, 0.1) is 59.5 Å². The second-order valence-electron chi connectivity index (χ2n) is 11.5. The minimum absolute atomic E-state index is 0.0906. The Morgan fingerprint density at radius 3 is 1.93 bits per heavy atom. The Kier molecular flexibility index (Phi) is 8.86. The number of fused-ring (bicyclic) bond motifs is 2. The van der Waals surface area contributed by atoms with E-state index in [4.69, 9.17) is 13.1 Å². The second kappa shape index (κ2) is 13.3. The molecule has 2 saturated carbocycles. The van der Waals surface area contributed by atoms with E-state index >= 15 is 0 Å². The summed E-state index contributed by atoms with van der Waals surface area (Å²) in [7, 11) is 0. The zero-order chi connectivity index (χ0) is 31.1. The van der Waals surface area contributed by atoms with E-state index < -0.39 is 0 Å². The van der Waals surface area contributed by atoms with E-state index in [1.54, 1.807) is 49.1 Å². The molecular weight excluding hydrogens is 624 g/mol. The Labute approximate surface area is 272 Å². The lowest BCUT2D eigenvalue weighted by Crippen LogP contribution is -2.23. The zero-order valence-electron chi connectivity index (χ0n) is 24.5. The molecule has 0 amide bonds. The van der Waals surface area contributed by atoms with Crippen molar-refractivity contribution in [2.45, 2.75) is 12.8 Å². The number of hydrogen-bond donors (Lipinski definition) is 1. The Morgan fingerprint density at radius 1 is 0.778 bits per heavy atom. The Morgan fingerprint density at radius 2 is 1.38 bits per heavy atom. The van der Waals surface area contributed by atoms with Crippen LogP contribution in [0.4, 0.5) is 17.1 Å². The topological polar surface area (TPSA) is 75.6 Å². The van der Waals surface area contributed by atoms with E-state index in [-0.39, 0.29) is 10.8 Å². The van der Waals surface area contributed by atoms with Gasteiger partial charge < -0.3 is 10.2 Å². The lowest BCUT2D eigenvalue weighted by atomic mass is 10.1. The van der Waals surface area contributed by atoms with E-state index in [2.05, 4.69) is 85.5 Å². The predicted octanol–water partition coefficient (Wildman–Crippen LogP) is 6.34. The van der Waals surface area contributed by atoms with Crippen molar-refractivity contribution in [3.63, 3.8) is 0 Å². The number of nitrogens with zero attached hydrogens (tertiary/aromatic N) is 7. The summed E-state index contributed by atoms with van der Waals surface area (Å²) in [5.74, 6) is 15.5. The number of benzene rings is 2. The highest BCUT2D eigenvalue weighted by atomic mass is 79.9. The number of nitrogens with one attached hydrogen (secondary N) is 1. The van der Waals surface area contributed by atoms with Gasteiger partial charge in [0.15, 0.2) is 11.4 Å². The van der Waals surface area contributed by atoms with Crippen LogP contribution in [-0.2, 0) is 0 Å². The quantitative estimate of drug-likeness (QED) is 0.191. The van der Waals surface area contributed by atoms with Crippen LogP contribution in [0.5, 0.6) is 0 Å². The third kappa shape index (κ3) is 7.36.